The third-order valence-electron chi connectivity index (χ3n) is 7.27. The number of hydrogen-bond acceptors (Lipinski definition) is 7. The number of aromatic nitrogens is 3. The molecule has 2 atom stereocenters. The topological polar surface area (TPSA) is 112 Å². The summed E-state index contributed by atoms with van der Waals surface area (Å²) in [5.41, 5.74) is -1.51. The number of benzene rings is 1. The van der Waals surface area contributed by atoms with E-state index in [9.17, 15) is 28.2 Å². The highest BCUT2D eigenvalue weighted by Crippen LogP contribution is 2.43. The number of fused-ring (bicyclic) bond motifs is 2. The molecule has 0 bridgehead atoms. The Hall–Kier alpha value is -3.38. The number of carbonyl (C=O) groups is 1. The molecule has 12 heteroatoms. The Bertz CT molecular complexity index is 1330. The molecular weight excluding hydrogens is 491 g/mol. The number of nitrogens with zero attached hydrogens (tertiary/aromatic N) is 4. The first-order valence-corrected chi connectivity index (χ1v) is 12.0. The molecule has 1 amide bonds. The highest BCUT2D eigenvalue weighted by atomic mass is 19.4. The summed E-state index contributed by atoms with van der Waals surface area (Å²) < 4.78 is 47.4. The normalized spacial score (nSPS) is 22.3. The lowest BCUT2D eigenvalue weighted by molar-refractivity contribution is -0.273. The molecule has 2 aliphatic heterocycles. The highest BCUT2D eigenvalue weighted by molar-refractivity contribution is 6.09. The van der Waals surface area contributed by atoms with E-state index in [2.05, 4.69) is 15.4 Å². The molecule has 9 nitrogen and oxygen atoms in total. The zero-order chi connectivity index (χ0) is 26.6. The van der Waals surface area contributed by atoms with E-state index in [-0.39, 0.29) is 38.1 Å². The molecule has 2 aliphatic rings. The second kappa shape index (κ2) is 8.88. The summed E-state index contributed by atoms with van der Waals surface area (Å²) in [6.45, 7) is 3.06. The second-order valence-corrected chi connectivity index (χ2v) is 10.2. The molecule has 1 aromatic carbocycles. The summed E-state index contributed by atoms with van der Waals surface area (Å²) in [6.07, 6.45) is 0.447. The fraction of sp³-hybridized carbons (Fsp3) is 0.480. The minimum Gasteiger partial charge on any atom is -0.490 e. The first-order chi connectivity index (χ1) is 17.4. The van der Waals surface area contributed by atoms with Crippen molar-refractivity contribution < 1.29 is 32.9 Å². The fourth-order valence-electron chi connectivity index (χ4n) is 5.03. The lowest BCUT2D eigenvalue weighted by atomic mass is 9.81. The number of aliphatic hydroxyl groups is 2. The van der Waals surface area contributed by atoms with Gasteiger partial charge in [-0.15, -0.1) is 0 Å². The van der Waals surface area contributed by atoms with Gasteiger partial charge in [-0.1, -0.05) is 0 Å². The zero-order valence-electron chi connectivity index (χ0n) is 20.4. The van der Waals surface area contributed by atoms with E-state index in [1.807, 2.05) is 4.90 Å². The van der Waals surface area contributed by atoms with Crippen molar-refractivity contribution in [1.82, 2.24) is 14.6 Å². The first kappa shape index (κ1) is 25.3. The van der Waals surface area contributed by atoms with E-state index in [4.69, 9.17) is 4.74 Å². The van der Waals surface area contributed by atoms with Crippen LogP contribution in [0.5, 0.6) is 5.75 Å². The molecule has 2 aromatic heterocycles. The van der Waals surface area contributed by atoms with Crippen molar-refractivity contribution in [3.05, 3.63) is 47.9 Å². The molecule has 5 rings (SSSR count). The molecule has 2 unspecified atom stereocenters. The van der Waals surface area contributed by atoms with E-state index >= 15 is 0 Å². The predicted octanol–water partition coefficient (Wildman–Crippen LogP) is 3.20. The Morgan fingerprint density at radius 2 is 2.00 bits per heavy atom. The number of nitrogens with one attached hydrogen (secondary N) is 1. The third kappa shape index (κ3) is 4.71. The van der Waals surface area contributed by atoms with Gasteiger partial charge in [-0.3, -0.25) is 4.79 Å². The highest BCUT2D eigenvalue weighted by Gasteiger charge is 2.55. The summed E-state index contributed by atoms with van der Waals surface area (Å²) in [7, 11) is 0. The van der Waals surface area contributed by atoms with Gasteiger partial charge in [0.1, 0.15) is 17.9 Å². The maximum Gasteiger partial charge on any atom is 0.417 e. The monoisotopic (exact) mass is 519 g/mol. The maximum atomic E-state index is 13.4. The average molecular weight is 520 g/mol. The van der Waals surface area contributed by atoms with Crippen LogP contribution in [0.25, 0.3) is 5.65 Å². The number of carbonyl (C=O) groups excluding carboxylic acids is 1. The lowest BCUT2D eigenvalue weighted by Crippen LogP contribution is -2.52. The van der Waals surface area contributed by atoms with Crippen LogP contribution in [0.3, 0.4) is 0 Å². The van der Waals surface area contributed by atoms with Crippen molar-refractivity contribution in [2.75, 3.05) is 29.9 Å². The van der Waals surface area contributed by atoms with E-state index < -0.39 is 29.2 Å². The van der Waals surface area contributed by atoms with Gasteiger partial charge in [0.25, 0.3) is 5.91 Å². The molecule has 4 heterocycles. The number of ether oxygens (including phenoxy) is 1. The van der Waals surface area contributed by atoms with Gasteiger partial charge in [-0.05, 0) is 50.3 Å². The van der Waals surface area contributed by atoms with Gasteiger partial charge in [-0.2, -0.15) is 18.3 Å². The molecule has 198 valence electrons. The van der Waals surface area contributed by atoms with Gasteiger partial charge in [0.2, 0.25) is 0 Å². The number of hydrogen-bond donors (Lipinski definition) is 3. The number of amides is 1. The van der Waals surface area contributed by atoms with Crippen molar-refractivity contribution >= 4 is 22.9 Å². The number of alkyl halides is 3. The van der Waals surface area contributed by atoms with E-state index in [1.54, 1.807) is 37.5 Å². The Kier molecular flexibility index (Phi) is 6.06. The largest absolute Gasteiger partial charge is 0.490 e. The molecule has 1 saturated heterocycles. The molecule has 37 heavy (non-hydrogen) atoms. The minimum atomic E-state index is -4.72. The third-order valence-corrected chi connectivity index (χ3v) is 7.27. The van der Waals surface area contributed by atoms with Crippen molar-refractivity contribution in [1.29, 1.82) is 0 Å². The van der Waals surface area contributed by atoms with Crippen LogP contribution in [-0.4, -0.2) is 67.8 Å². The van der Waals surface area contributed by atoms with E-state index in [1.165, 1.54) is 10.7 Å². The molecule has 0 saturated carbocycles. The van der Waals surface area contributed by atoms with E-state index in [0.717, 1.165) is 6.92 Å². The molecule has 0 radical (unpaired) electrons. The van der Waals surface area contributed by atoms with Crippen LogP contribution in [-0.2, 0) is 6.42 Å². The van der Waals surface area contributed by atoms with Crippen molar-refractivity contribution in [2.24, 2.45) is 5.92 Å². The Morgan fingerprint density at radius 1 is 1.27 bits per heavy atom. The number of piperidine rings is 1. The van der Waals surface area contributed by atoms with Crippen LogP contribution >= 0.6 is 0 Å². The Balaban J connectivity index is 1.45. The van der Waals surface area contributed by atoms with Gasteiger partial charge in [0.15, 0.2) is 11.2 Å². The molecule has 3 N–H and O–H groups in total. The fourth-order valence-corrected chi connectivity index (χ4v) is 5.03. The van der Waals surface area contributed by atoms with Crippen LogP contribution in [0.2, 0.25) is 0 Å². The quantitative estimate of drug-likeness (QED) is 0.485. The van der Waals surface area contributed by atoms with E-state index in [0.29, 0.717) is 34.8 Å². The van der Waals surface area contributed by atoms with Gasteiger partial charge >= 0.3 is 6.18 Å². The van der Waals surface area contributed by atoms with Crippen molar-refractivity contribution in [3.63, 3.8) is 0 Å². The van der Waals surface area contributed by atoms with Crippen molar-refractivity contribution in [2.45, 2.75) is 50.5 Å². The minimum absolute atomic E-state index is 0.0930. The molecule has 3 aromatic rings. The summed E-state index contributed by atoms with van der Waals surface area (Å²) in [5, 5.41) is 27.7. The van der Waals surface area contributed by atoms with Crippen LogP contribution in [0.1, 0.15) is 42.6 Å². The van der Waals surface area contributed by atoms with Crippen LogP contribution in [0.15, 0.2) is 36.8 Å². The number of rotatable bonds is 4. The van der Waals surface area contributed by atoms with Crippen LogP contribution in [0, 0.1) is 5.92 Å². The maximum absolute atomic E-state index is 13.4. The van der Waals surface area contributed by atoms with Gasteiger partial charge in [-0.25, -0.2) is 9.50 Å². The van der Waals surface area contributed by atoms with Gasteiger partial charge in [0.05, 0.1) is 23.2 Å². The molecule has 1 fully saturated rings. The van der Waals surface area contributed by atoms with Crippen LogP contribution < -0.4 is 15.0 Å². The lowest BCUT2D eigenvalue weighted by Gasteiger charge is -2.41. The SMILES string of the molecule is CC1(O)COc2cc(N3CCC(C(C)(O)C(F)(F)F)CC3)c(NC(=O)c3cnn4cccnc34)cc2C1. The average Bonchev–Trinajstić information content (AvgIpc) is 3.27. The second-order valence-electron chi connectivity index (χ2n) is 10.2. The van der Waals surface area contributed by atoms with Crippen molar-refractivity contribution in [3.8, 4) is 5.75 Å². The summed E-state index contributed by atoms with van der Waals surface area (Å²) >= 11 is 0. The van der Waals surface area contributed by atoms with Crippen LogP contribution in [0.4, 0.5) is 24.5 Å². The van der Waals surface area contributed by atoms with Gasteiger partial charge < -0.3 is 25.2 Å². The predicted molar refractivity (Wildman–Crippen MR) is 129 cm³/mol. The number of halogens is 3. The number of anilines is 2. The Morgan fingerprint density at radius 3 is 2.70 bits per heavy atom. The Labute approximate surface area is 210 Å². The standard InChI is InChI=1S/C25H28F3N5O4/c1-23(35)12-15-10-18(31-22(34)17-13-30-33-7-3-6-29-21(17)33)19(11-20(15)37-14-23)32-8-4-16(5-9-32)24(2,36)25(26,27)28/h3,6-7,10-11,13,16,35-36H,4-5,8-9,12,14H2,1-2H3,(H,31,34). The van der Waals surface area contributed by atoms with Gasteiger partial charge in [0, 0.05) is 38.0 Å². The summed E-state index contributed by atoms with van der Waals surface area (Å²) in [6, 6.07) is 5.17. The molecule has 0 aliphatic carbocycles. The zero-order valence-corrected chi connectivity index (χ0v) is 20.4. The molecular formula is C25H28F3N5O4. The smallest absolute Gasteiger partial charge is 0.417 e. The molecule has 0 spiro atoms. The summed E-state index contributed by atoms with van der Waals surface area (Å²) in [4.78, 5) is 19.3. The first-order valence-electron chi connectivity index (χ1n) is 12.0. The summed E-state index contributed by atoms with van der Waals surface area (Å²) in [5.74, 6) is -0.856.